The molecule has 0 spiro atoms. The van der Waals surface area contributed by atoms with Crippen LogP contribution in [0.3, 0.4) is 0 Å². The first-order valence-electron chi connectivity index (χ1n) is 4.99. The van der Waals surface area contributed by atoms with Crippen LogP contribution in [-0.2, 0) is 19.0 Å². The van der Waals surface area contributed by atoms with Gasteiger partial charge in [0.1, 0.15) is 0 Å². The Morgan fingerprint density at radius 1 is 1.47 bits per heavy atom. The highest BCUT2D eigenvalue weighted by Crippen LogP contribution is 2.28. The molecule has 0 saturated carbocycles. The van der Waals surface area contributed by atoms with Gasteiger partial charge in [0.05, 0.1) is 25.2 Å². The summed E-state index contributed by atoms with van der Waals surface area (Å²) < 4.78 is 16.1. The fraction of sp³-hybridized carbons (Fsp3) is 0.900. The Bertz CT molecular complexity index is 226. The van der Waals surface area contributed by atoms with Crippen LogP contribution in [0.2, 0.25) is 0 Å². The zero-order valence-corrected chi connectivity index (χ0v) is 9.36. The predicted octanol–water partition coefficient (Wildman–Crippen LogP) is 1.02. The van der Waals surface area contributed by atoms with E-state index in [2.05, 4.69) is 0 Å². The van der Waals surface area contributed by atoms with Crippen molar-refractivity contribution in [3.63, 3.8) is 0 Å². The van der Waals surface area contributed by atoms with Gasteiger partial charge in [-0.1, -0.05) is 0 Å². The van der Waals surface area contributed by atoms with Crippen molar-refractivity contribution < 1.29 is 24.1 Å². The molecule has 0 aromatic carbocycles. The zero-order valence-electron chi connectivity index (χ0n) is 9.36. The standard InChI is InChI=1S/C10H18O5/c1-10(2)14-7(5-9(11)12)4-8(15-10)6-13-3/h7-8H,4-6H2,1-3H3,(H,11,12)/t7-,8+/m1/s1. The van der Waals surface area contributed by atoms with Crippen LogP contribution in [0.4, 0.5) is 0 Å². The molecule has 5 heteroatoms. The molecule has 0 unspecified atom stereocenters. The van der Waals surface area contributed by atoms with E-state index < -0.39 is 11.8 Å². The van der Waals surface area contributed by atoms with E-state index >= 15 is 0 Å². The minimum atomic E-state index is -0.853. The minimum Gasteiger partial charge on any atom is -0.481 e. The molecule has 1 rings (SSSR count). The molecule has 0 aromatic rings. The normalized spacial score (nSPS) is 30.1. The molecule has 1 aliphatic rings. The molecule has 1 saturated heterocycles. The van der Waals surface area contributed by atoms with Gasteiger partial charge in [0.2, 0.25) is 0 Å². The van der Waals surface area contributed by atoms with Crippen LogP contribution in [0.1, 0.15) is 26.7 Å². The zero-order chi connectivity index (χ0) is 11.5. The Labute approximate surface area is 89.3 Å². The maximum Gasteiger partial charge on any atom is 0.305 e. The highest BCUT2D eigenvalue weighted by atomic mass is 16.7. The number of methoxy groups -OCH3 is 1. The van der Waals surface area contributed by atoms with Gasteiger partial charge in [-0.25, -0.2) is 0 Å². The molecule has 0 aliphatic carbocycles. The van der Waals surface area contributed by atoms with Crippen molar-refractivity contribution in [3.05, 3.63) is 0 Å². The van der Waals surface area contributed by atoms with Crippen molar-refractivity contribution in [1.82, 2.24) is 0 Å². The number of carbonyl (C=O) groups is 1. The number of aliphatic carboxylic acids is 1. The van der Waals surface area contributed by atoms with Crippen molar-refractivity contribution in [1.29, 1.82) is 0 Å². The lowest BCUT2D eigenvalue weighted by molar-refractivity contribution is -0.304. The van der Waals surface area contributed by atoms with Gasteiger partial charge in [-0.2, -0.15) is 0 Å². The second kappa shape index (κ2) is 4.92. The molecule has 2 atom stereocenters. The third-order valence-electron chi connectivity index (χ3n) is 2.18. The first-order chi connectivity index (χ1) is 6.93. The van der Waals surface area contributed by atoms with Crippen molar-refractivity contribution >= 4 is 5.97 Å². The fourth-order valence-electron chi connectivity index (χ4n) is 1.83. The maximum absolute atomic E-state index is 10.6. The van der Waals surface area contributed by atoms with E-state index in [9.17, 15) is 4.79 Å². The molecule has 0 amide bonds. The van der Waals surface area contributed by atoms with Crippen LogP contribution < -0.4 is 0 Å². The molecule has 1 heterocycles. The van der Waals surface area contributed by atoms with E-state index in [4.69, 9.17) is 19.3 Å². The van der Waals surface area contributed by atoms with Crippen molar-refractivity contribution in [2.24, 2.45) is 0 Å². The maximum atomic E-state index is 10.6. The van der Waals surface area contributed by atoms with Crippen LogP contribution in [-0.4, -0.2) is 42.8 Å². The molecular weight excluding hydrogens is 200 g/mol. The number of carboxylic acid groups (broad SMARTS) is 1. The largest absolute Gasteiger partial charge is 0.481 e. The smallest absolute Gasteiger partial charge is 0.305 e. The average molecular weight is 218 g/mol. The monoisotopic (exact) mass is 218 g/mol. The minimum absolute atomic E-state index is 0.00695. The lowest BCUT2D eigenvalue weighted by Crippen LogP contribution is -2.46. The van der Waals surface area contributed by atoms with E-state index in [1.54, 1.807) is 21.0 Å². The lowest BCUT2D eigenvalue weighted by atomic mass is 10.1. The Morgan fingerprint density at radius 3 is 2.60 bits per heavy atom. The third-order valence-corrected chi connectivity index (χ3v) is 2.18. The quantitative estimate of drug-likeness (QED) is 0.763. The SMILES string of the molecule is COC[C@@H]1C[C@H](CC(=O)O)OC(C)(C)O1. The van der Waals surface area contributed by atoms with E-state index in [1.165, 1.54) is 0 Å². The van der Waals surface area contributed by atoms with Crippen LogP contribution in [0, 0.1) is 0 Å². The number of hydrogen-bond acceptors (Lipinski definition) is 4. The molecule has 5 nitrogen and oxygen atoms in total. The summed E-state index contributed by atoms with van der Waals surface area (Å²) >= 11 is 0. The molecule has 0 radical (unpaired) electrons. The van der Waals surface area contributed by atoms with Gasteiger partial charge >= 0.3 is 5.97 Å². The van der Waals surface area contributed by atoms with Gasteiger partial charge in [0.15, 0.2) is 5.79 Å². The topological polar surface area (TPSA) is 65.0 Å². The molecule has 15 heavy (non-hydrogen) atoms. The number of ether oxygens (including phenoxy) is 3. The molecular formula is C10H18O5. The van der Waals surface area contributed by atoms with E-state index in [0.29, 0.717) is 13.0 Å². The highest BCUT2D eigenvalue weighted by molar-refractivity contribution is 5.67. The van der Waals surface area contributed by atoms with E-state index in [-0.39, 0.29) is 18.6 Å². The molecule has 1 fully saturated rings. The van der Waals surface area contributed by atoms with Gasteiger partial charge < -0.3 is 19.3 Å². The van der Waals surface area contributed by atoms with Crippen LogP contribution >= 0.6 is 0 Å². The molecule has 0 aromatic heterocycles. The number of rotatable bonds is 4. The summed E-state index contributed by atoms with van der Waals surface area (Å²) in [6.07, 6.45) is 0.172. The first kappa shape index (κ1) is 12.4. The van der Waals surface area contributed by atoms with Crippen molar-refractivity contribution in [2.45, 2.75) is 44.7 Å². The Kier molecular flexibility index (Phi) is 4.07. The summed E-state index contributed by atoms with van der Waals surface area (Å²) in [7, 11) is 1.60. The second-order valence-corrected chi connectivity index (χ2v) is 4.17. The summed E-state index contributed by atoms with van der Waals surface area (Å²) in [5.74, 6) is -1.59. The Morgan fingerprint density at radius 2 is 2.07 bits per heavy atom. The fourth-order valence-corrected chi connectivity index (χ4v) is 1.83. The first-order valence-corrected chi connectivity index (χ1v) is 4.99. The summed E-state index contributed by atoms with van der Waals surface area (Å²) in [6, 6.07) is 0. The summed E-state index contributed by atoms with van der Waals surface area (Å²) in [4.78, 5) is 10.6. The van der Waals surface area contributed by atoms with Crippen LogP contribution in [0.15, 0.2) is 0 Å². The van der Waals surface area contributed by atoms with Gasteiger partial charge in [-0.05, 0) is 13.8 Å². The van der Waals surface area contributed by atoms with Gasteiger partial charge in [0.25, 0.3) is 0 Å². The van der Waals surface area contributed by atoms with E-state index in [1.807, 2.05) is 0 Å². The summed E-state index contributed by atoms with van der Waals surface area (Å²) in [6.45, 7) is 4.02. The predicted molar refractivity (Wildman–Crippen MR) is 52.6 cm³/mol. The Balaban J connectivity index is 2.55. The summed E-state index contributed by atoms with van der Waals surface area (Å²) in [5, 5.41) is 8.70. The molecule has 88 valence electrons. The number of carboxylic acids is 1. The van der Waals surface area contributed by atoms with Crippen LogP contribution in [0.25, 0.3) is 0 Å². The van der Waals surface area contributed by atoms with Gasteiger partial charge in [-0.15, -0.1) is 0 Å². The highest BCUT2D eigenvalue weighted by Gasteiger charge is 2.36. The van der Waals surface area contributed by atoms with Gasteiger partial charge in [-0.3, -0.25) is 4.79 Å². The van der Waals surface area contributed by atoms with E-state index in [0.717, 1.165) is 0 Å². The molecule has 1 aliphatic heterocycles. The second-order valence-electron chi connectivity index (χ2n) is 4.17. The van der Waals surface area contributed by atoms with Crippen molar-refractivity contribution in [3.8, 4) is 0 Å². The van der Waals surface area contributed by atoms with Crippen molar-refractivity contribution in [2.75, 3.05) is 13.7 Å². The molecule has 0 bridgehead atoms. The summed E-state index contributed by atoms with van der Waals surface area (Å²) in [5.41, 5.74) is 0. The Hall–Kier alpha value is -0.650. The lowest BCUT2D eigenvalue weighted by Gasteiger charge is -2.40. The van der Waals surface area contributed by atoms with Gasteiger partial charge in [0, 0.05) is 13.5 Å². The molecule has 1 N–H and O–H groups in total. The number of hydrogen-bond donors (Lipinski definition) is 1. The average Bonchev–Trinajstić information content (AvgIpc) is 1.99. The van der Waals surface area contributed by atoms with Crippen LogP contribution in [0.5, 0.6) is 0 Å². The third kappa shape index (κ3) is 4.15.